The lowest BCUT2D eigenvalue weighted by Gasteiger charge is -2.13. The summed E-state index contributed by atoms with van der Waals surface area (Å²) in [5, 5.41) is 7.45. The van der Waals surface area contributed by atoms with Gasteiger partial charge >= 0.3 is 0 Å². The first-order valence-electron chi connectivity index (χ1n) is 9.66. The lowest BCUT2D eigenvalue weighted by molar-refractivity contribution is 1.33. The van der Waals surface area contributed by atoms with Gasteiger partial charge < -0.3 is 0 Å². The van der Waals surface area contributed by atoms with E-state index in [1.165, 1.54) is 54.2 Å². The number of hydrogen-bond donors (Lipinski definition) is 0. The molecular formula is C27H18S. The SMILES string of the molecule is C1=C(c2cccs2)Cc2c1cccc2-c1cccc2c1ccc1ccccc12. The molecule has 0 saturated heterocycles. The third-order valence-electron chi connectivity index (χ3n) is 5.82. The maximum atomic E-state index is 2.37. The molecule has 0 atom stereocenters. The number of thiophene rings is 1. The second-order valence-corrected chi connectivity index (χ2v) is 8.33. The minimum atomic E-state index is 1.01. The first-order chi connectivity index (χ1) is 13.9. The van der Waals surface area contributed by atoms with E-state index in [9.17, 15) is 0 Å². The van der Waals surface area contributed by atoms with E-state index in [1.54, 1.807) is 0 Å². The van der Waals surface area contributed by atoms with Crippen molar-refractivity contribution in [3.05, 3.63) is 106 Å². The van der Waals surface area contributed by atoms with Gasteiger partial charge in [0.05, 0.1) is 0 Å². The van der Waals surface area contributed by atoms with E-state index in [-0.39, 0.29) is 0 Å². The third-order valence-corrected chi connectivity index (χ3v) is 6.77. The molecule has 0 unspecified atom stereocenters. The Bertz CT molecular complexity index is 1370. The Morgan fingerprint density at radius 3 is 2.39 bits per heavy atom. The predicted octanol–water partition coefficient (Wildman–Crippen LogP) is 7.82. The van der Waals surface area contributed by atoms with Crippen molar-refractivity contribution in [2.24, 2.45) is 0 Å². The minimum absolute atomic E-state index is 1.01. The zero-order valence-corrected chi connectivity index (χ0v) is 16.2. The average molecular weight is 375 g/mol. The van der Waals surface area contributed by atoms with Crippen LogP contribution in [0.5, 0.6) is 0 Å². The molecule has 0 saturated carbocycles. The standard InChI is InChI=1S/C27H18S/c1-2-8-21-18(6-1)13-14-25-22(21)10-4-11-23(25)24-9-3-7-19-16-20(17-26(19)24)27-12-5-15-28-27/h1-16H,17H2. The van der Waals surface area contributed by atoms with Gasteiger partial charge in [-0.3, -0.25) is 0 Å². The second-order valence-electron chi connectivity index (χ2n) is 7.38. The van der Waals surface area contributed by atoms with Crippen LogP contribution >= 0.6 is 11.3 Å². The summed E-state index contributed by atoms with van der Waals surface area (Å²) in [5.74, 6) is 0. The van der Waals surface area contributed by atoms with E-state index in [0.717, 1.165) is 6.42 Å². The van der Waals surface area contributed by atoms with Gasteiger partial charge in [-0.15, -0.1) is 11.3 Å². The van der Waals surface area contributed by atoms with Crippen LogP contribution in [0.2, 0.25) is 0 Å². The van der Waals surface area contributed by atoms with Gasteiger partial charge in [-0.2, -0.15) is 0 Å². The van der Waals surface area contributed by atoms with Gasteiger partial charge in [0.15, 0.2) is 0 Å². The molecule has 1 aliphatic carbocycles. The van der Waals surface area contributed by atoms with Crippen LogP contribution in [-0.4, -0.2) is 0 Å². The van der Waals surface area contributed by atoms with Gasteiger partial charge in [0.1, 0.15) is 0 Å². The van der Waals surface area contributed by atoms with Crippen LogP contribution in [0.4, 0.5) is 0 Å². The smallest absolute Gasteiger partial charge is 0.0305 e. The predicted molar refractivity (Wildman–Crippen MR) is 123 cm³/mol. The molecule has 1 aromatic heterocycles. The van der Waals surface area contributed by atoms with Crippen LogP contribution in [0.15, 0.2) is 90.3 Å². The normalized spacial score (nSPS) is 13.1. The molecule has 1 heteroatoms. The van der Waals surface area contributed by atoms with Gasteiger partial charge in [0.2, 0.25) is 0 Å². The highest BCUT2D eigenvalue weighted by Gasteiger charge is 2.19. The fraction of sp³-hybridized carbons (Fsp3) is 0.0370. The van der Waals surface area contributed by atoms with E-state index < -0.39 is 0 Å². The summed E-state index contributed by atoms with van der Waals surface area (Å²) in [4.78, 5) is 1.38. The fourth-order valence-corrected chi connectivity index (χ4v) is 5.26. The maximum absolute atomic E-state index is 2.37. The summed E-state index contributed by atoms with van der Waals surface area (Å²) < 4.78 is 0. The molecule has 0 N–H and O–H groups in total. The van der Waals surface area contributed by atoms with Crippen molar-refractivity contribution < 1.29 is 0 Å². The number of allylic oxidation sites excluding steroid dienone is 1. The largest absolute Gasteiger partial charge is 0.144 e. The summed E-state index contributed by atoms with van der Waals surface area (Å²) in [6.45, 7) is 0. The topological polar surface area (TPSA) is 0 Å². The molecule has 6 rings (SSSR count). The lowest BCUT2D eigenvalue weighted by atomic mass is 9.90. The molecule has 0 fully saturated rings. The minimum Gasteiger partial charge on any atom is -0.144 e. The monoisotopic (exact) mass is 374 g/mol. The summed E-state index contributed by atoms with van der Waals surface area (Å²) in [6.07, 6.45) is 3.38. The van der Waals surface area contributed by atoms with Crippen molar-refractivity contribution in [3.8, 4) is 11.1 Å². The molecule has 132 valence electrons. The van der Waals surface area contributed by atoms with Gasteiger partial charge in [0.25, 0.3) is 0 Å². The third kappa shape index (κ3) is 2.37. The molecule has 4 aromatic carbocycles. The second kappa shape index (κ2) is 6.19. The molecule has 28 heavy (non-hydrogen) atoms. The Labute approximate surface area is 168 Å². The number of hydrogen-bond acceptors (Lipinski definition) is 1. The molecule has 0 spiro atoms. The average Bonchev–Trinajstić information content (AvgIpc) is 3.42. The molecule has 0 aliphatic heterocycles. The van der Waals surface area contributed by atoms with Crippen LogP contribution in [-0.2, 0) is 6.42 Å². The van der Waals surface area contributed by atoms with Gasteiger partial charge in [0, 0.05) is 11.3 Å². The van der Waals surface area contributed by atoms with Gasteiger partial charge in [-0.05, 0) is 66.9 Å². The molecule has 5 aromatic rings. The van der Waals surface area contributed by atoms with Crippen LogP contribution in [0.1, 0.15) is 16.0 Å². The first kappa shape index (κ1) is 15.9. The van der Waals surface area contributed by atoms with E-state index >= 15 is 0 Å². The number of rotatable bonds is 2. The lowest BCUT2D eigenvalue weighted by Crippen LogP contribution is -1.91. The van der Waals surface area contributed by atoms with E-state index in [2.05, 4.69) is 96.4 Å². The van der Waals surface area contributed by atoms with Crippen molar-refractivity contribution in [3.63, 3.8) is 0 Å². The summed E-state index contributed by atoms with van der Waals surface area (Å²) in [5.41, 5.74) is 6.94. The summed E-state index contributed by atoms with van der Waals surface area (Å²) >= 11 is 1.83. The zero-order chi connectivity index (χ0) is 18.5. The number of benzene rings is 4. The fourth-order valence-electron chi connectivity index (χ4n) is 4.51. The molecular weight excluding hydrogens is 356 g/mol. The zero-order valence-electron chi connectivity index (χ0n) is 15.4. The molecule has 0 amide bonds. The van der Waals surface area contributed by atoms with Crippen molar-refractivity contribution in [2.45, 2.75) is 6.42 Å². The van der Waals surface area contributed by atoms with E-state index in [4.69, 9.17) is 0 Å². The van der Waals surface area contributed by atoms with Crippen molar-refractivity contribution in [1.82, 2.24) is 0 Å². The Kier molecular flexibility index (Phi) is 3.50. The highest BCUT2D eigenvalue weighted by atomic mass is 32.1. The Hall–Kier alpha value is -3.16. The molecule has 1 aliphatic rings. The van der Waals surface area contributed by atoms with E-state index in [0.29, 0.717) is 0 Å². The maximum Gasteiger partial charge on any atom is 0.0305 e. The molecule has 0 bridgehead atoms. The summed E-state index contributed by atoms with van der Waals surface area (Å²) in [7, 11) is 0. The number of fused-ring (bicyclic) bond motifs is 4. The van der Waals surface area contributed by atoms with Crippen LogP contribution in [0.3, 0.4) is 0 Å². The molecule has 1 heterocycles. The molecule has 0 nitrogen and oxygen atoms in total. The van der Waals surface area contributed by atoms with Crippen LogP contribution in [0, 0.1) is 0 Å². The van der Waals surface area contributed by atoms with Gasteiger partial charge in [-0.25, -0.2) is 0 Å². The van der Waals surface area contributed by atoms with Gasteiger partial charge in [-0.1, -0.05) is 78.9 Å². The quantitative estimate of drug-likeness (QED) is 0.276. The first-order valence-corrected chi connectivity index (χ1v) is 10.5. The van der Waals surface area contributed by atoms with Crippen molar-refractivity contribution >= 4 is 44.5 Å². The highest BCUT2D eigenvalue weighted by molar-refractivity contribution is 7.11. The van der Waals surface area contributed by atoms with Crippen LogP contribution in [0.25, 0.3) is 44.3 Å². The summed E-state index contributed by atoms with van der Waals surface area (Å²) in [6, 6.07) is 31.0. The Balaban J connectivity index is 1.56. The Morgan fingerprint density at radius 1 is 0.607 bits per heavy atom. The van der Waals surface area contributed by atoms with Crippen molar-refractivity contribution in [2.75, 3.05) is 0 Å². The molecule has 0 radical (unpaired) electrons. The van der Waals surface area contributed by atoms with E-state index in [1.807, 2.05) is 11.3 Å². The highest BCUT2D eigenvalue weighted by Crippen LogP contribution is 2.41. The Morgan fingerprint density at radius 2 is 1.46 bits per heavy atom. The van der Waals surface area contributed by atoms with Crippen LogP contribution < -0.4 is 0 Å². The van der Waals surface area contributed by atoms with Crippen molar-refractivity contribution in [1.29, 1.82) is 0 Å².